The summed E-state index contributed by atoms with van der Waals surface area (Å²) < 4.78 is 10.4. The van der Waals surface area contributed by atoms with Crippen molar-refractivity contribution in [1.82, 2.24) is 9.97 Å². The number of thioether (sulfide) groups is 1. The van der Waals surface area contributed by atoms with Gasteiger partial charge < -0.3 is 20.3 Å². The van der Waals surface area contributed by atoms with Crippen LogP contribution in [0.1, 0.15) is 11.1 Å². The van der Waals surface area contributed by atoms with Crippen LogP contribution in [-0.2, 0) is 5.75 Å². The Morgan fingerprint density at radius 1 is 1.26 bits per heavy atom. The Balaban J connectivity index is 1.97. The first-order valence-corrected chi connectivity index (χ1v) is 10.2. The summed E-state index contributed by atoms with van der Waals surface area (Å²) in [4.78, 5) is 12.0. The highest BCUT2D eigenvalue weighted by atomic mass is 32.2. The lowest BCUT2D eigenvalue weighted by molar-refractivity contribution is 0.201. The van der Waals surface area contributed by atoms with Gasteiger partial charge in [-0.15, -0.1) is 11.8 Å². The van der Waals surface area contributed by atoms with Gasteiger partial charge in [0.15, 0.2) is 0 Å². The maximum Gasteiger partial charge on any atom is 0.236 e. The molecule has 31 heavy (non-hydrogen) atoms. The van der Waals surface area contributed by atoms with Gasteiger partial charge in [-0.25, -0.2) is 14.8 Å². The number of aromatic nitrogens is 2. The normalized spacial score (nSPS) is 10.2. The van der Waals surface area contributed by atoms with Crippen LogP contribution in [0.3, 0.4) is 0 Å². The average Bonchev–Trinajstić information content (AvgIpc) is 2.81. The Morgan fingerprint density at radius 2 is 2.03 bits per heavy atom. The maximum absolute atomic E-state index is 9.88. The Morgan fingerprint density at radius 3 is 2.61 bits per heavy atom. The molecule has 9 heteroatoms. The molecule has 0 saturated carbocycles. The number of nitrogens with zero attached hydrogens (tertiary/aromatic N) is 4. The third kappa shape index (κ3) is 5.04. The standard InChI is InChI=1S/C22H19N5O3S/c1-25-20-19(15-4-6-16(7-5-15)30-10-9-28)17(11-23)22(27-21(20)24)31-13-14-3-8-18(29-2)26-12-14/h3-8,12,28H,9-10,13H2,2H3,(H2,24,27). The second kappa shape index (κ2) is 10.3. The second-order valence-electron chi connectivity index (χ2n) is 6.22. The van der Waals surface area contributed by atoms with Crippen LogP contribution in [0.2, 0.25) is 0 Å². The highest BCUT2D eigenvalue weighted by molar-refractivity contribution is 7.98. The number of aliphatic hydroxyl groups excluding tert-OH is 1. The minimum absolute atomic E-state index is 0.0694. The maximum atomic E-state index is 9.88. The fraction of sp³-hybridized carbons (Fsp3) is 0.182. The third-order valence-electron chi connectivity index (χ3n) is 4.27. The predicted octanol–water partition coefficient (Wildman–Crippen LogP) is 3.82. The van der Waals surface area contributed by atoms with E-state index in [4.69, 9.17) is 26.9 Å². The zero-order valence-electron chi connectivity index (χ0n) is 16.7. The minimum Gasteiger partial charge on any atom is -0.491 e. The molecule has 3 N–H and O–H groups in total. The van der Waals surface area contributed by atoms with E-state index in [1.807, 2.05) is 6.07 Å². The fourth-order valence-electron chi connectivity index (χ4n) is 2.82. The summed E-state index contributed by atoms with van der Waals surface area (Å²) in [7, 11) is 1.55. The summed E-state index contributed by atoms with van der Waals surface area (Å²) in [5, 5.41) is 19.2. The number of nitrogens with two attached hydrogens (primary N) is 1. The van der Waals surface area contributed by atoms with Crippen molar-refractivity contribution in [2.75, 3.05) is 26.1 Å². The number of aliphatic hydroxyl groups is 1. The van der Waals surface area contributed by atoms with Gasteiger partial charge in [0.25, 0.3) is 0 Å². The summed E-state index contributed by atoms with van der Waals surface area (Å²) in [6.45, 7) is 7.63. The number of ether oxygens (including phenoxy) is 2. The molecule has 0 amide bonds. The first kappa shape index (κ1) is 21.9. The number of nitriles is 1. The van der Waals surface area contributed by atoms with Crippen molar-refractivity contribution in [3.8, 4) is 28.8 Å². The molecule has 3 rings (SSSR count). The van der Waals surface area contributed by atoms with Gasteiger partial charge in [-0.2, -0.15) is 5.26 Å². The molecule has 0 aliphatic heterocycles. The number of pyridine rings is 2. The number of benzene rings is 1. The zero-order valence-corrected chi connectivity index (χ0v) is 17.5. The van der Waals surface area contributed by atoms with Gasteiger partial charge in [-0.05, 0) is 23.3 Å². The molecule has 1 aromatic carbocycles. The van der Waals surface area contributed by atoms with Crippen LogP contribution < -0.4 is 15.2 Å². The van der Waals surface area contributed by atoms with E-state index < -0.39 is 0 Å². The number of methoxy groups -OCH3 is 1. The van der Waals surface area contributed by atoms with Crippen molar-refractivity contribution in [2.24, 2.45) is 0 Å². The van der Waals surface area contributed by atoms with Crippen LogP contribution in [0.5, 0.6) is 11.6 Å². The summed E-state index contributed by atoms with van der Waals surface area (Å²) in [6.07, 6.45) is 1.70. The second-order valence-corrected chi connectivity index (χ2v) is 7.18. The monoisotopic (exact) mass is 433 g/mol. The molecular formula is C22H19N5O3S. The van der Waals surface area contributed by atoms with Gasteiger partial charge in [-0.3, -0.25) is 0 Å². The Kier molecular flexibility index (Phi) is 7.28. The number of anilines is 1. The van der Waals surface area contributed by atoms with Crippen molar-refractivity contribution in [1.29, 1.82) is 5.26 Å². The molecule has 0 radical (unpaired) electrons. The molecular weight excluding hydrogens is 414 g/mol. The van der Waals surface area contributed by atoms with Crippen LogP contribution in [-0.4, -0.2) is 35.4 Å². The summed E-state index contributed by atoms with van der Waals surface area (Å²) in [5.41, 5.74) is 8.51. The number of hydrogen-bond donors (Lipinski definition) is 2. The van der Waals surface area contributed by atoms with Crippen LogP contribution in [0, 0.1) is 17.9 Å². The van der Waals surface area contributed by atoms with E-state index in [9.17, 15) is 5.26 Å². The summed E-state index contributed by atoms with van der Waals surface area (Å²) in [6, 6.07) is 12.8. The predicted molar refractivity (Wildman–Crippen MR) is 118 cm³/mol. The molecule has 0 saturated heterocycles. The Hall–Kier alpha value is -3.79. The summed E-state index contributed by atoms with van der Waals surface area (Å²) in [5.74, 6) is 1.68. The lowest BCUT2D eigenvalue weighted by Crippen LogP contribution is -2.02. The van der Waals surface area contributed by atoms with Crippen molar-refractivity contribution in [2.45, 2.75) is 10.8 Å². The molecule has 0 spiro atoms. The van der Waals surface area contributed by atoms with Crippen molar-refractivity contribution < 1.29 is 14.6 Å². The van der Waals surface area contributed by atoms with Gasteiger partial charge in [0.1, 0.15) is 29.3 Å². The van der Waals surface area contributed by atoms with Crippen molar-refractivity contribution in [3.63, 3.8) is 0 Å². The molecule has 0 aliphatic rings. The van der Waals surface area contributed by atoms with Crippen LogP contribution in [0.15, 0.2) is 47.6 Å². The molecule has 0 atom stereocenters. The molecule has 0 unspecified atom stereocenters. The van der Waals surface area contributed by atoms with E-state index in [1.54, 1.807) is 43.6 Å². The molecule has 8 nitrogen and oxygen atoms in total. The molecule has 2 heterocycles. The van der Waals surface area contributed by atoms with E-state index in [2.05, 4.69) is 20.9 Å². The van der Waals surface area contributed by atoms with Crippen LogP contribution >= 0.6 is 11.8 Å². The Bertz CT molecular complexity index is 1140. The molecule has 156 valence electrons. The van der Waals surface area contributed by atoms with Gasteiger partial charge in [0.05, 0.1) is 25.9 Å². The number of hydrogen-bond acceptors (Lipinski definition) is 8. The Labute approximate surface area is 184 Å². The van der Waals surface area contributed by atoms with Gasteiger partial charge >= 0.3 is 0 Å². The first-order chi connectivity index (χ1) is 15.1. The van der Waals surface area contributed by atoms with Gasteiger partial charge in [0.2, 0.25) is 11.6 Å². The molecule has 0 fully saturated rings. The van der Waals surface area contributed by atoms with Crippen molar-refractivity contribution in [3.05, 3.63) is 65.1 Å². The lowest BCUT2D eigenvalue weighted by Gasteiger charge is -2.14. The SMILES string of the molecule is [C-]#[N+]c1c(N)nc(SCc2ccc(OC)nc2)c(C#N)c1-c1ccc(OCCO)cc1. The van der Waals surface area contributed by atoms with E-state index in [-0.39, 0.29) is 30.3 Å². The highest BCUT2D eigenvalue weighted by Crippen LogP contribution is 2.42. The first-order valence-electron chi connectivity index (χ1n) is 9.18. The largest absolute Gasteiger partial charge is 0.491 e. The van der Waals surface area contributed by atoms with E-state index in [1.165, 1.54) is 11.8 Å². The lowest BCUT2D eigenvalue weighted by atomic mass is 10.00. The van der Waals surface area contributed by atoms with Gasteiger partial charge in [-0.1, -0.05) is 18.2 Å². The van der Waals surface area contributed by atoms with Crippen molar-refractivity contribution >= 4 is 23.3 Å². The third-order valence-corrected chi connectivity index (χ3v) is 5.32. The van der Waals surface area contributed by atoms with Crippen LogP contribution in [0.25, 0.3) is 16.0 Å². The van der Waals surface area contributed by atoms with E-state index in [0.29, 0.717) is 33.5 Å². The fourth-order valence-corrected chi connectivity index (χ4v) is 3.75. The van der Waals surface area contributed by atoms with E-state index in [0.717, 1.165) is 5.56 Å². The smallest absolute Gasteiger partial charge is 0.236 e. The minimum atomic E-state index is -0.0899. The zero-order chi connectivity index (χ0) is 22.2. The number of rotatable bonds is 8. The quantitative estimate of drug-likeness (QED) is 0.406. The van der Waals surface area contributed by atoms with Crippen LogP contribution in [0.4, 0.5) is 11.5 Å². The molecule has 0 bridgehead atoms. The highest BCUT2D eigenvalue weighted by Gasteiger charge is 2.20. The molecule has 3 aromatic rings. The van der Waals surface area contributed by atoms with E-state index >= 15 is 0 Å². The topological polar surface area (TPSA) is 119 Å². The average molecular weight is 433 g/mol. The van der Waals surface area contributed by atoms with Gasteiger partial charge in [0, 0.05) is 23.6 Å². The molecule has 2 aromatic heterocycles. The summed E-state index contributed by atoms with van der Waals surface area (Å²) >= 11 is 1.34. The number of nitrogen functional groups attached to an aromatic ring is 1. The molecule has 0 aliphatic carbocycles.